The highest BCUT2D eigenvalue weighted by Gasteiger charge is 2.72. The molecule has 4 aromatic rings. The third-order valence-corrected chi connectivity index (χ3v) is 5.49. The van der Waals surface area contributed by atoms with E-state index >= 15 is 0 Å². The molecule has 4 N–H and O–H groups in total. The lowest BCUT2D eigenvalue weighted by Crippen LogP contribution is -2.54. The third-order valence-electron chi connectivity index (χ3n) is 5.49. The zero-order valence-corrected chi connectivity index (χ0v) is 17.3. The lowest BCUT2D eigenvalue weighted by molar-refractivity contribution is -0.288. The summed E-state index contributed by atoms with van der Waals surface area (Å²) in [5, 5.41) is 18.9. The average molecular weight is 496 g/mol. The molecule has 182 valence electrons. The molecule has 0 radical (unpaired) electrons. The maximum absolute atomic E-state index is 14.3. The van der Waals surface area contributed by atoms with E-state index in [0.717, 1.165) is 12.1 Å². The quantitative estimate of drug-likeness (QED) is 0.185. The summed E-state index contributed by atoms with van der Waals surface area (Å²) >= 11 is 0. The number of phenols is 1. The predicted molar refractivity (Wildman–Crippen MR) is 112 cm³/mol. The fourth-order valence-electron chi connectivity index (χ4n) is 3.83. The number of nitrogens with zero attached hydrogens (tertiary/aromatic N) is 1. The number of nitrogens with two attached hydrogens (primary N) is 1. The number of phenolic OH excluding ortho intramolecular Hbond substituents is 1. The molecule has 0 aliphatic rings. The number of hydrogen-bond donors (Lipinski definition) is 3. The Labute approximate surface area is 192 Å². The summed E-state index contributed by atoms with van der Waals surface area (Å²) < 4.78 is 91.4. The molecule has 0 aliphatic carbocycles. The van der Waals surface area contributed by atoms with Crippen molar-refractivity contribution < 1.29 is 45.8 Å². The van der Waals surface area contributed by atoms with Crippen LogP contribution in [0.4, 0.5) is 32.0 Å². The van der Waals surface area contributed by atoms with Gasteiger partial charge in [0.15, 0.2) is 5.58 Å². The number of oxazole rings is 1. The second-order valence-electron chi connectivity index (χ2n) is 7.61. The van der Waals surface area contributed by atoms with Crippen LogP contribution in [0.25, 0.3) is 22.6 Å². The van der Waals surface area contributed by atoms with Crippen molar-refractivity contribution in [3.63, 3.8) is 0 Å². The van der Waals surface area contributed by atoms with Crippen LogP contribution in [-0.2, 0) is 5.41 Å². The van der Waals surface area contributed by atoms with Crippen LogP contribution in [0.15, 0.2) is 65.1 Å². The number of benzene rings is 3. The van der Waals surface area contributed by atoms with E-state index in [1.807, 2.05) is 0 Å². The number of aromatic hydroxyl groups is 1. The van der Waals surface area contributed by atoms with Crippen molar-refractivity contribution in [2.24, 2.45) is 0 Å². The van der Waals surface area contributed by atoms with Gasteiger partial charge in [-0.25, -0.2) is 9.78 Å². The van der Waals surface area contributed by atoms with Crippen molar-refractivity contribution in [2.75, 3.05) is 5.73 Å². The molecule has 0 fully saturated rings. The lowest BCUT2D eigenvalue weighted by atomic mass is 9.72. The third kappa shape index (κ3) is 3.80. The number of hydrogen-bond acceptors (Lipinski definition) is 5. The van der Waals surface area contributed by atoms with Gasteiger partial charge in [0, 0.05) is 5.56 Å². The molecule has 0 saturated carbocycles. The SMILES string of the molecule is Nc1ccc(C(c2ccc3nc(-c4cccc(C(=O)O)c4)oc3c2)(C(F)(F)F)C(F)(F)F)cc1O. The molecule has 0 spiro atoms. The largest absolute Gasteiger partial charge is 0.506 e. The second kappa shape index (κ2) is 7.93. The molecular weight excluding hydrogens is 482 g/mol. The Kier molecular flexibility index (Phi) is 5.42. The van der Waals surface area contributed by atoms with Gasteiger partial charge in [-0.2, -0.15) is 26.3 Å². The molecule has 35 heavy (non-hydrogen) atoms. The Balaban J connectivity index is 1.96. The summed E-state index contributed by atoms with van der Waals surface area (Å²) in [6, 6.07) is 9.02. The first-order chi connectivity index (χ1) is 16.3. The number of nitrogen functional groups attached to an aromatic ring is 1. The van der Waals surface area contributed by atoms with Gasteiger partial charge < -0.3 is 20.4 Å². The predicted octanol–water partition coefficient (Wildman–Crippen LogP) is 5.89. The van der Waals surface area contributed by atoms with Gasteiger partial charge in [0.2, 0.25) is 11.3 Å². The van der Waals surface area contributed by atoms with E-state index in [4.69, 9.17) is 15.3 Å². The van der Waals surface area contributed by atoms with Crippen LogP contribution in [0.3, 0.4) is 0 Å². The first-order valence-electron chi connectivity index (χ1n) is 9.73. The number of halogens is 6. The zero-order valence-electron chi connectivity index (χ0n) is 17.3. The molecule has 12 heteroatoms. The Morgan fingerprint density at radius 1 is 0.886 bits per heavy atom. The minimum atomic E-state index is -5.89. The van der Waals surface area contributed by atoms with E-state index in [-0.39, 0.29) is 22.5 Å². The monoisotopic (exact) mass is 496 g/mol. The molecule has 4 rings (SSSR count). The van der Waals surface area contributed by atoms with Crippen molar-refractivity contribution in [1.29, 1.82) is 0 Å². The number of carbonyl (C=O) groups is 1. The fourth-order valence-corrected chi connectivity index (χ4v) is 3.83. The van der Waals surface area contributed by atoms with E-state index in [1.165, 1.54) is 24.3 Å². The number of rotatable bonds is 4. The van der Waals surface area contributed by atoms with Crippen LogP contribution in [0.1, 0.15) is 21.5 Å². The van der Waals surface area contributed by atoms with E-state index in [9.17, 15) is 36.2 Å². The van der Waals surface area contributed by atoms with Crippen molar-refractivity contribution in [1.82, 2.24) is 4.98 Å². The standard InChI is InChI=1S/C23H14F6N2O4/c24-22(25,26)21(23(27,28)29,13-4-6-15(30)17(32)9-13)14-5-7-16-18(10-14)35-19(31-16)11-2-1-3-12(8-11)20(33)34/h1-10,32H,30H2,(H,33,34). The van der Waals surface area contributed by atoms with Crippen LogP contribution in [-0.4, -0.2) is 33.5 Å². The first-order valence-corrected chi connectivity index (χ1v) is 9.73. The maximum Gasteiger partial charge on any atom is 0.411 e. The molecular formula is C23H14F6N2O4. The summed E-state index contributed by atoms with van der Waals surface area (Å²) in [6.07, 6.45) is -11.8. The van der Waals surface area contributed by atoms with Gasteiger partial charge >= 0.3 is 18.3 Å². The maximum atomic E-state index is 14.3. The van der Waals surface area contributed by atoms with Gasteiger partial charge in [-0.05, 0) is 53.6 Å². The van der Waals surface area contributed by atoms with Gasteiger partial charge in [0.25, 0.3) is 0 Å². The number of carboxylic acids is 1. The zero-order chi connectivity index (χ0) is 25.8. The lowest BCUT2D eigenvalue weighted by Gasteiger charge is -2.38. The Morgan fingerprint density at radius 3 is 2.11 bits per heavy atom. The number of fused-ring (bicyclic) bond motifs is 1. The van der Waals surface area contributed by atoms with E-state index in [2.05, 4.69) is 4.98 Å². The molecule has 0 atom stereocenters. The second-order valence-corrected chi connectivity index (χ2v) is 7.61. The number of aromatic carboxylic acids is 1. The van der Waals surface area contributed by atoms with Gasteiger partial charge in [-0.1, -0.05) is 18.2 Å². The molecule has 1 heterocycles. The van der Waals surface area contributed by atoms with Crippen molar-refractivity contribution in [3.8, 4) is 17.2 Å². The molecule has 0 bridgehead atoms. The van der Waals surface area contributed by atoms with Crippen LogP contribution < -0.4 is 5.73 Å². The minimum Gasteiger partial charge on any atom is -0.506 e. The fraction of sp³-hybridized carbons (Fsp3) is 0.130. The summed E-state index contributed by atoms with van der Waals surface area (Å²) in [7, 11) is 0. The molecule has 0 saturated heterocycles. The van der Waals surface area contributed by atoms with Gasteiger partial charge in [-0.15, -0.1) is 0 Å². The van der Waals surface area contributed by atoms with Crippen LogP contribution >= 0.6 is 0 Å². The van der Waals surface area contributed by atoms with E-state index in [0.29, 0.717) is 24.3 Å². The Hall–Kier alpha value is -4.22. The van der Waals surface area contributed by atoms with Crippen molar-refractivity contribution >= 4 is 22.8 Å². The van der Waals surface area contributed by atoms with E-state index in [1.54, 1.807) is 0 Å². The number of anilines is 1. The molecule has 0 aliphatic heterocycles. The number of aromatic nitrogens is 1. The number of alkyl halides is 6. The van der Waals surface area contributed by atoms with Crippen LogP contribution in [0.2, 0.25) is 0 Å². The topological polar surface area (TPSA) is 110 Å². The number of carboxylic acid groups (broad SMARTS) is 1. The van der Waals surface area contributed by atoms with Crippen LogP contribution in [0, 0.1) is 0 Å². The minimum absolute atomic E-state index is 0.0529. The normalized spacial score (nSPS) is 12.7. The van der Waals surface area contributed by atoms with Gasteiger partial charge in [0.1, 0.15) is 11.3 Å². The average Bonchev–Trinajstić information content (AvgIpc) is 3.18. The smallest absolute Gasteiger partial charge is 0.411 e. The van der Waals surface area contributed by atoms with E-state index < -0.39 is 51.9 Å². The highest BCUT2D eigenvalue weighted by atomic mass is 19.4. The Bertz CT molecular complexity index is 1430. The van der Waals surface area contributed by atoms with Gasteiger partial charge in [-0.3, -0.25) is 0 Å². The summed E-state index contributed by atoms with van der Waals surface area (Å²) in [4.78, 5) is 15.2. The summed E-state index contributed by atoms with van der Waals surface area (Å²) in [5.41, 5.74) is -2.48. The summed E-state index contributed by atoms with van der Waals surface area (Å²) in [6.45, 7) is 0. The van der Waals surface area contributed by atoms with Crippen molar-refractivity contribution in [2.45, 2.75) is 17.8 Å². The van der Waals surface area contributed by atoms with Crippen molar-refractivity contribution in [3.05, 3.63) is 77.4 Å². The molecule has 1 aromatic heterocycles. The first kappa shape index (κ1) is 23.9. The molecule has 0 amide bonds. The Morgan fingerprint density at radius 2 is 1.51 bits per heavy atom. The summed E-state index contributed by atoms with van der Waals surface area (Å²) in [5.74, 6) is -2.39. The van der Waals surface area contributed by atoms with Crippen LogP contribution in [0.5, 0.6) is 5.75 Å². The molecule has 3 aromatic carbocycles. The molecule has 6 nitrogen and oxygen atoms in total. The van der Waals surface area contributed by atoms with Gasteiger partial charge in [0.05, 0.1) is 11.3 Å². The molecule has 0 unspecified atom stereocenters. The highest BCUT2D eigenvalue weighted by Crippen LogP contribution is 2.57. The highest BCUT2D eigenvalue weighted by molar-refractivity contribution is 5.89.